The van der Waals surface area contributed by atoms with Gasteiger partial charge >= 0.3 is 0 Å². The average Bonchev–Trinajstić information content (AvgIpc) is 3.96. The fourth-order valence-corrected chi connectivity index (χ4v) is 7.07. The molecule has 2 aliphatic heterocycles. The highest BCUT2D eigenvalue weighted by molar-refractivity contribution is 6.00. The van der Waals surface area contributed by atoms with Gasteiger partial charge in [-0.2, -0.15) is 0 Å². The number of aromatic nitrogens is 4. The molecule has 52 heavy (non-hydrogen) atoms. The molecule has 7 aromatic rings. The predicted octanol–water partition coefficient (Wildman–Crippen LogP) is 10.1. The SMILES string of the molecule is Oc1cccc(-c2c3nc(c(-c4cccc(O)c4)c4ccc([nH]4)c(-c4cccc(O)c4)c4nc(c(-c5cccc(O)c5)c5ccc2[nH]5)C=C4)C=C3)c1. The van der Waals surface area contributed by atoms with Gasteiger partial charge in [-0.25, -0.2) is 9.97 Å². The fourth-order valence-electron chi connectivity index (χ4n) is 7.07. The molecule has 4 aromatic carbocycles. The van der Waals surface area contributed by atoms with E-state index in [1.807, 2.05) is 72.8 Å². The van der Waals surface area contributed by atoms with Crippen LogP contribution in [0.2, 0.25) is 0 Å². The Kier molecular flexibility index (Phi) is 7.22. The molecule has 2 aliphatic rings. The summed E-state index contributed by atoms with van der Waals surface area (Å²) in [5.74, 6) is 0.503. The summed E-state index contributed by atoms with van der Waals surface area (Å²) in [5, 5.41) is 42.3. The largest absolute Gasteiger partial charge is 0.508 e. The van der Waals surface area contributed by atoms with E-state index in [0.29, 0.717) is 22.8 Å². The van der Waals surface area contributed by atoms with Crippen LogP contribution in [0.5, 0.6) is 23.0 Å². The van der Waals surface area contributed by atoms with Crippen LogP contribution < -0.4 is 0 Å². The highest BCUT2D eigenvalue weighted by Crippen LogP contribution is 2.39. The lowest BCUT2D eigenvalue weighted by atomic mass is 10.0. The number of hydrogen-bond donors (Lipinski definition) is 6. The lowest BCUT2D eigenvalue weighted by molar-refractivity contribution is 0.475. The Morgan fingerprint density at radius 3 is 0.808 bits per heavy atom. The van der Waals surface area contributed by atoms with E-state index in [1.54, 1.807) is 72.8 Å². The van der Waals surface area contributed by atoms with Crippen LogP contribution in [0.4, 0.5) is 0 Å². The first kappa shape index (κ1) is 30.7. The number of fused-ring (bicyclic) bond motifs is 8. The van der Waals surface area contributed by atoms with Crippen molar-refractivity contribution in [1.82, 2.24) is 19.9 Å². The summed E-state index contributed by atoms with van der Waals surface area (Å²) < 4.78 is 0. The Balaban J connectivity index is 1.49. The van der Waals surface area contributed by atoms with Gasteiger partial charge in [0.2, 0.25) is 0 Å². The standard InChI is InChI=1S/C44H30N4O4/c49-29-9-1-5-25(21-29)41-33-13-15-35(45-33)42(26-6-2-10-30(50)22-26)37-17-19-39(47-37)44(28-8-4-12-32(52)24-28)40-20-18-38(48-40)43(36-16-14-34(41)46-36)27-7-3-11-31(51)23-27/h1-24,45,48-52H. The van der Waals surface area contributed by atoms with Gasteiger partial charge in [-0.15, -0.1) is 0 Å². The van der Waals surface area contributed by atoms with E-state index in [4.69, 9.17) is 9.97 Å². The molecule has 0 fully saturated rings. The maximum atomic E-state index is 10.6. The highest BCUT2D eigenvalue weighted by Gasteiger charge is 2.19. The molecule has 8 bridgehead atoms. The maximum absolute atomic E-state index is 10.6. The number of hydrogen-bond acceptors (Lipinski definition) is 6. The molecule has 0 unspecified atom stereocenters. The Morgan fingerprint density at radius 2 is 0.577 bits per heavy atom. The Bertz CT molecular complexity index is 2440. The van der Waals surface area contributed by atoms with Crippen molar-refractivity contribution in [3.63, 3.8) is 0 Å². The van der Waals surface area contributed by atoms with Gasteiger partial charge in [0.1, 0.15) is 23.0 Å². The molecule has 0 saturated heterocycles. The summed E-state index contributed by atoms with van der Waals surface area (Å²) in [7, 11) is 0. The monoisotopic (exact) mass is 678 g/mol. The van der Waals surface area contributed by atoms with Crippen LogP contribution in [0.15, 0.2) is 121 Å². The smallest absolute Gasteiger partial charge is 0.116 e. The van der Waals surface area contributed by atoms with Gasteiger partial charge in [0.05, 0.1) is 22.8 Å². The molecule has 0 spiro atoms. The number of nitrogens with one attached hydrogen (secondary N) is 2. The summed E-state index contributed by atoms with van der Waals surface area (Å²) in [4.78, 5) is 17.7. The van der Waals surface area contributed by atoms with Crippen molar-refractivity contribution in [2.45, 2.75) is 0 Å². The average molecular weight is 679 g/mol. The highest BCUT2D eigenvalue weighted by atomic mass is 16.3. The zero-order chi connectivity index (χ0) is 35.3. The minimum absolute atomic E-state index is 0.126. The zero-order valence-corrected chi connectivity index (χ0v) is 27.5. The van der Waals surface area contributed by atoms with E-state index < -0.39 is 0 Å². The van der Waals surface area contributed by atoms with E-state index in [2.05, 4.69) is 9.97 Å². The van der Waals surface area contributed by atoms with Gasteiger partial charge in [0, 0.05) is 44.3 Å². The summed E-state index contributed by atoms with van der Waals surface area (Å²) in [5.41, 5.74) is 11.9. The first-order valence-electron chi connectivity index (χ1n) is 16.7. The lowest BCUT2D eigenvalue weighted by Crippen LogP contribution is -1.89. The molecule has 0 radical (unpaired) electrons. The van der Waals surface area contributed by atoms with Crippen molar-refractivity contribution in [2.24, 2.45) is 0 Å². The van der Waals surface area contributed by atoms with Crippen LogP contribution >= 0.6 is 0 Å². The van der Waals surface area contributed by atoms with Gasteiger partial charge in [-0.1, -0.05) is 48.5 Å². The third-order valence-corrected chi connectivity index (χ3v) is 9.29. The second-order valence-corrected chi connectivity index (χ2v) is 12.7. The molecule has 0 saturated carbocycles. The Labute approximate surface area is 297 Å². The van der Waals surface area contributed by atoms with Crippen LogP contribution in [0.3, 0.4) is 0 Å². The quantitative estimate of drug-likeness (QED) is 0.110. The van der Waals surface area contributed by atoms with Gasteiger partial charge < -0.3 is 30.4 Å². The van der Waals surface area contributed by atoms with E-state index in [1.165, 1.54) is 0 Å². The number of phenolic OH excluding ortho intramolecular Hbond substituents is 4. The van der Waals surface area contributed by atoms with E-state index in [0.717, 1.165) is 66.6 Å². The molecule has 5 heterocycles. The van der Waals surface area contributed by atoms with Gasteiger partial charge in [-0.05, 0) is 119 Å². The number of aromatic amines is 2. The lowest BCUT2D eigenvalue weighted by Gasteiger charge is -2.07. The van der Waals surface area contributed by atoms with Crippen LogP contribution in [0, 0.1) is 0 Å². The molecule has 8 heteroatoms. The van der Waals surface area contributed by atoms with E-state index >= 15 is 0 Å². The molecule has 6 N–H and O–H groups in total. The normalized spacial score (nSPS) is 12.0. The number of H-pyrrole nitrogens is 2. The molecule has 250 valence electrons. The molecular formula is C44H30N4O4. The van der Waals surface area contributed by atoms with Crippen LogP contribution in [-0.2, 0) is 0 Å². The van der Waals surface area contributed by atoms with Gasteiger partial charge in [0.25, 0.3) is 0 Å². The first-order chi connectivity index (χ1) is 25.4. The Morgan fingerprint density at radius 1 is 0.327 bits per heavy atom. The Hall–Kier alpha value is -7.32. The molecule has 3 aromatic heterocycles. The number of rotatable bonds is 4. The second-order valence-electron chi connectivity index (χ2n) is 12.7. The molecule has 0 aliphatic carbocycles. The maximum Gasteiger partial charge on any atom is 0.116 e. The summed E-state index contributed by atoms with van der Waals surface area (Å²) in [6.45, 7) is 0. The minimum Gasteiger partial charge on any atom is -0.508 e. The molecule has 8 nitrogen and oxygen atoms in total. The van der Waals surface area contributed by atoms with Gasteiger partial charge in [0.15, 0.2) is 0 Å². The number of benzene rings is 4. The zero-order valence-electron chi connectivity index (χ0n) is 27.5. The van der Waals surface area contributed by atoms with Crippen molar-refractivity contribution >= 4 is 46.4 Å². The van der Waals surface area contributed by atoms with Crippen molar-refractivity contribution in [3.05, 3.63) is 144 Å². The number of phenols is 4. The molecule has 0 atom stereocenters. The van der Waals surface area contributed by atoms with Crippen LogP contribution in [0.1, 0.15) is 22.8 Å². The molecule has 9 rings (SSSR count). The topological polar surface area (TPSA) is 138 Å². The summed E-state index contributed by atoms with van der Waals surface area (Å²) in [6.07, 6.45) is 7.81. The summed E-state index contributed by atoms with van der Waals surface area (Å²) in [6, 6.07) is 36.2. The van der Waals surface area contributed by atoms with Crippen molar-refractivity contribution in [3.8, 4) is 67.5 Å². The van der Waals surface area contributed by atoms with Gasteiger partial charge in [-0.3, -0.25) is 0 Å². The van der Waals surface area contributed by atoms with Crippen molar-refractivity contribution in [1.29, 1.82) is 0 Å². The van der Waals surface area contributed by atoms with E-state index in [-0.39, 0.29) is 23.0 Å². The molecule has 0 amide bonds. The van der Waals surface area contributed by atoms with Crippen molar-refractivity contribution in [2.75, 3.05) is 0 Å². The fraction of sp³-hybridized carbons (Fsp3) is 0. The van der Waals surface area contributed by atoms with Crippen molar-refractivity contribution < 1.29 is 20.4 Å². The summed E-state index contributed by atoms with van der Waals surface area (Å²) >= 11 is 0. The number of aromatic hydroxyl groups is 4. The van der Waals surface area contributed by atoms with E-state index in [9.17, 15) is 20.4 Å². The third-order valence-electron chi connectivity index (χ3n) is 9.29. The molecular weight excluding hydrogens is 649 g/mol. The van der Waals surface area contributed by atoms with Crippen LogP contribution in [0.25, 0.3) is 90.9 Å². The predicted molar refractivity (Wildman–Crippen MR) is 207 cm³/mol. The third kappa shape index (κ3) is 5.45. The number of nitrogens with zero attached hydrogens (tertiary/aromatic N) is 2. The first-order valence-corrected chi connectivity index (χ1v) is 16.7. The second kappa shape index (κ2) is 12.2. The van der Waals surface area contributed by atoms with Crippen LogP contribution in [-0.4, -0.2) is 40.4 Å². The minimum atomic E-state index is 0.126.